The van der Waals surface area contributed by atoms with Crippen molar-refractivity contribution < 1.29 is 0 Å². The summed E-state index contributed by atoms with van der Waals surface area (Å²) in [7, 11) is 0. The number of hydrogen-bond donors (Lipinski definition) is 0. The number of hydrogen-bond acceptors (Lipinski definition) is 0. The summed E-state index contributed by atoms with van der Waals surface area (Å²) >= 11 is 5.05. The van der Waals surface area contributed by atoms with E-state index < -0.39 is 4.37 Å². The zero-order valence-corrected chi connectivity index (χ0v) is 11.6. The van der Waals surface area contributed by atoms with Gasteiger partial charge in [0.15, 0.2) is 0 Å². The van der Waals surface area contributed by atoms with E-state index in [1.165, 1.54) is 10.5 Å². The first-order valence-electron chi connectivity index (χ1n) is 3.24. The summed E-state index contributed by atoms with van der Waals surface area (Å²) in [4.78, 5) is 1.46. The van der Waals surface area contributed by atoms with Gasteiger partial charge < -0.3 is 0 Å². The molecule has 0 bridgehead atoms. The number of benzene rings is 1. The molecule has 62 valence electrons. The van der Waals surface area contributed by atoms with E-state index in [2.05, 4.69) is 79.9 Å². The highest BCUT2D eigenvalue weighted by Gasteiger charge is 2.10. The van der Waals surface area contributed by atoms with Gasteiger partial charge in [-0.2, -0.15) is 0 Å². The topological polar surface area (TPSA) is 0 Å². The van der Waals surface area contributed by atoms with Crippen LogP contribution in [0.3, 0.4) is 0 Å². The molecule has 0 heterocycles. The molecular formula is C8H10I2S. The Labute approximate surface area is 93.6 Å². The van der Waals surface area contributed by atoms with Crippen LogP contribution in [0.15, 0.2) is 29.2 Å². The van der Waals surface area contributed by atoms with Crippen molar-refractivity contribution in [3.8, 4) is 0 Å². The predicted molar refractivity (Wildman–Crippen MR) is 71.0 cm³/mol. The summed E-state index contributed by atoms with van der Waals surface area (Å²) in [5.74, 6) is 0. The minimum absolute atomic E-state index is 0.580. The third-order valence-corrected chi connectivity index (χ3v) is 5.59. The van der Waals surface area contributed by atoms with Gasteiger partial charge >= 0.3 is 0 Å². The Bertz CT molecular complexity index is 235. The van der Waals surface area contributed by atoms with Gasteiger partial charge in [0.05, 0.1) is 0 Å². The van der Waals surface area contributed by atoms with Gasteiger partial charge in [-0.05, 0) is 67.7 Å². The molecule has 0 N–H and O–H groups in total. The van der Waals surface area contributed by atoms with Crippen LogP contribution in [0.2, 0.25) is 0 Å². The molecule has 3 heteroatoms. The lowest BCUT2D eigenvalue weighted by Gasteiger charge is -2.20. The fraction of sp³-hybridized carbons (Fsp3) is 0.250. The summed E-state index contributed by atoms with van der Waals surface area (Å²) < 4.78 is -0.580. The Morgan fingerprint density at radius 3 is 1.91 bits per heavy atom. The Morgan fingerprint density at radius 2 is 1.55 bits per heavy atom. The quantitative estimate of drug-likeness (QED) is 0.619. The van der Waals surface area contributed by atoms with E-state index in [1.54, 1.807) is 0 Å². The maximum absolute atomic E-state index is 2.52. The lowest BCUT2D eigenvalue weighted by Crippen LogP contribution is -1.79. The number of halogens is 2. The van der Waals surface area contributed by atoms with Crippen LogP contribution in [-0.2, 0) is 0 Å². The van der Waals surface area contributed by atoms with Crippen LogP contribution in [0.5, 0.6) is 0 Å². The summed E-state index contributed by atoms with van der Waals surface area (Å²) in [6.07, 6.45) is 2.29. The Kier molecular flexibility index (Phi) is 3.52. The zero-order chi connectivity index (χ0) is 8.48. The molecule has 0 amide bonds. The van der Waals surface area contributed by atoms with E-state index in [9.17, 15) is 0 Å². The first kappa shape index (κ1) is 10.1. The average Bonchev–Trinajstić information content (AvgIpc) is 1.86. The molecule has 11 heavy (non-hydrogen) atoms. The highest BCUT2D eigenvalue weighted by Crippen LogP contribution is 2.67. The lowest BCUT2D eigenvalue weighted by atomic mass is 10.2. The van der Waals surface area contributed by atoms with Crippen molar-refractivity contribution in [2.45, 2.75) is 11.8 Å². The molecule has 0 saturated carbocycles. The van der Waals surface area contributed by atoms with Crippen LogP contribution in [0.25, 0.3) is 0 Å². The van der Waals surface area contributed by atoms with Crippen LogP contribution in [0.4, 0.5) is 0 Å². The normalized spacial score (nSPS) is 13.1. The molecule has 1 aromatic carbocycles. The van der Waals surface area contributed by atoms with Crippen LogP contribution in [-0.4, -0.2) is 6.26 Å². The van der Waals surface area contributed by atoms with Crippen LogP contribution in [0.1, 0.15) is 5.56 Å². The second kappa shape index (κ2) is 3.83. The van der Waals surface area contributed by atoms with Gasteiger partial charge in [0.1, 0.15) is 0 Å². The highest BCUT2D eigenvalue weighted by atomic mass is 127. The summed E-state index contributed by atoms with van der Waals surface area (Å²) in [6.45, 7) is 2.12. The van der Waals surface area contributed by atoms with Crippen LogP contribution in [0, 0.1) is 6.92 Å². The Balaban J connectivity index is 2.99. The maximum Gasteiger partial charge on any atom is 0.00723 e. The molecule has 0 spiro atoms. The van der Waals surface area contributed by atoms with Crippen molar-refractivity contribution in [3.63, 3.8) is 0 Å². The van der Waals surface area contributed by atoms with Crippen molar-refractivity contribution in [1.82, 2.24) is 0 Å². The smallest absolute Gasteiger partial charge is 0.00723 e. The molecule has 0 saturated heterocycles. The second-order valence-corrected chi connectivity index (χ2v) is 20.1. The molecule has 0 fully saturated rings. The van der Waals surface area contributed by atoms with Crippen molar-refractivity contribution in [3.05, 3.63) is 29.8 Å². The first-order chi connectivity index (χ1) is 5.00. The van der Waals surface area contributed by atoms with Gasteiger partial charge in [-0.1, -0.05) is 17.7 Å². The summed E-state index contributed by atoms with van der Waals surface area (Å²) in [6, 6.07) is 8.81. The molecule has 0 aromatic heterocycles. The van der Waals surface area contributed by atoms with E-state index in [1.807, 2.05) is 0 Å². The second-order valence-electron chi connectivity index (χ2n) is 2.54. The van der Waals surface area contributed by atoms with Gasteiger partial charge in [0, 0.05) is 4.90 Å². The first-order valence-corrected chi connectivity index (χ1v) is 10.4. The molecule has 0 radical (unpaired) electrons. The monoisotopic (exact) mass is 392 g/mol. The number of aryl methyl sites for hydroxylation is 1. The van der Waals surface area contributed by atoms with E-state index in [4.69, 9.17) is 0 Å². The van der Waals surface area contributed by atoms with Crippen molar-refractivity contribution in [1.29, 1.82) is 0 Å². The highest BCUT2D eigenvalue weighted by molar-refractivity contribution is 14.3. The SMILES string of the molecule is Cc1ccc(S(C)(I)I)cc1. The van der Waals surface area contributed by atoms with Crippen molar-refractivity contribution >= 4 is 46.8 Å². The van der Waals surface area contributed by atoms with Crippen LogP contribution < -0.4 is 0 Å². The molecular weight excluding hydrogens is 382 g/mol. The molecule has 1 rings (SSSR count). The van der Waals surface area contributed by atoms with Gasteiger partial charge in [-0.15, -0.1) is 4.37 Å². The fourth-order valence-electron chi connectivity index (χ4n) is 0.777. The minimum atomic E-state index is -0.580. The lowest BCUT2D eigenvalue weighted by molar-refractivity contribution is 1.38. The van der Waals surface area contributed by atoms with E-state index in [-0.39, 0.29) is 0 Å². The van der Waals surface area contributed by atoms with E-state index >= 15 is 0 Å². The third-order valence-electron chi connectivity index (χ3n) is 1.43. The molecule has 0 atom stereocenters. The van der Waals surface area contributed by atoms with E-state index in [0.29, 0.717) is 0 Å². The standard InChI is InChI=1S/C8H10I2S/c1-7-3-5-8(6-4-7)11(2,9)10/h3-6H,1-2H3. The molecule has 0 aliphatic rings. The summed E-state index contributed by atoms with van der Waals surface area (Å²) in [5.41, 5.74) is 1.34. The van der Waals surface area contributed by atoms with Crippen molar-refractivity contribution in [2.75, 3.05) is 6.26 Å². The zero-order valence-electron chi connectivity index (χ0n) is 6.47. The van der Waals surface area contributed by atoms with Gasteiger partial charge in [-0.25, -0.2) is 0 Å². The van der Waals surface area contributed by atoms with E-state index in [0.717, 1.165) is 0 Å². The molecule has 0 aliphatic heterocycles. The van der Waals surface area contributed by atoms with Crippen LogP contribution >= 0.6 is 46.8 Å². The molecule has 1 aromatic rings. The fourth-order valence-corrected chi connectivity index (χ4v) is 3.15. The maximum atomic E-state index is 2.52. The predicted octanol–water partition coefficient (Wildman–Crippen LogP) is 4.49. The van der Waals surface area contributed by atoms with Gasteiger partial charge in [0.25, 0.3) is 0 Å². The van der Waals surface area contributed by atoms with Gasteiger partial charge in [-0.3, -0.25) is 0 Å². The third kappa shape index (κ3) is 3.10. The minimum Gasteiger partial charge on any atom is -0.108 e. The molecule has 0 unspecified atom stereocenters. The Hall–Kier alpha value is 1.03. The average molecular weight is 392 g/mol. The van der Waals surface area contributed by atoms with Gasteiger partial charge in [0.2, 0.25) is 0 Å². The van der Waals surface area contributed by atoms with Crippen molar-refractivity contribution in [2.24, 2.45) is 0 Å². The summed E-state index contributed by atoms with van der Waals surface area (Å²) in [5, 5.41) is 0. The molecule has 0 aliphatic carbocycles. The Morgan fingerprint density at radius 1 is 1.09 bits per heavy atom. The largest absolute Gasteiger partial charge is 0.108 e. The number of rotatable bonds is 1. The molecule has 0 nitrogen and oxygen atoms in total.